The molecule has 0 aliphatic heterocycles. The average Bonchev–Trinajstić information content (AvgIpc) is 3.34. The second-order valence-corrected chi connectivity index (χ2v) is 9.95. The maximum Gasteiger partial charge on any atom is 0.268 e. The van der Waals surface area contributed by atoms with E-state index in [1.54, 1.807) is 24.4 Å². The number of benzene rings is 2. The molecule has 1 fully saturated rings. The summed E-state index contributed by atoms with van der Waals surface area (Å²) in [5.41, 5.74) is 16.8. The molecule has 2 aromatic carbocycles. The summed E-state index contributed by atoms with van der Waals surface area (Å²) in [7, 11) is 0. The van der Waals surface area contributed by atoms with E-state index in [9.17, 15) is 14.7 Å². The van der Waals surface area contributed by atoms with Gasteiger partial charge in [-0.25, -0.2) is 9.50 Å². The van der Waals surface area contributed by atoms with Crippen molar-refractivity contribution in [3.8, 4) is 27.9 Å². The summed E-state index contributed by atoms with van der Waals surface area (Å²) in [6.45, 7) is 0. The molecule has 1 saturated carbocycles. The predicted octanol–water partition coefficient (Wildman–Crippen LogP) is 3.91. The van der Waals surface area contributed by atoms with Crippen LogP contribution in [0.3, 0.4) is 0 Å². The molecule has 0 spiro atoms. The van der Waals surface area contributed by atoms with E-state index in [1.165, 1.54) is 10.9 Å². The summed E-state index contributed by atoms with van der Waals surface area (Å²) in [5, 5.41) is 14.5. The largest absolute Gasteiger partial charge is 0.393 e. The fourth-order valence-corrected chi connectivity index (χ4v) is 5.61. The molecule has 0 bridgehead atoms. The molecule has 3 heterocycles. The normalized spacial score (nSPS) is 17.4. The third-order valence-corrected chi connectivity index (χ3v) is 7.61. The summed E-state index contributed by atoms with van der Waals surface area (Å²) < 4.78 is 3.28. The third kappa shape index (κ3) is 4.36. The number of para-hydroxylation sites is 1. The zero-order valence-electron chi connectivity index (χ0n) is 21.2. The molecule has 196 valence electrons. The highest BCUT2D eigenvalue weighted by Crippen LogP contribution is 2.39. The molecule has 1 aliphatic rings. The molecule has 1 amide bonds. The maximum absolute atomic E-state index is 13.3. The zero-order valence-corrected chi connectivity index (χ0v) is 21.2. The van der Waals surface area contributed by atoms with Gasteiger partial charge in [-0.05, 0) is 61.1 Å². The van der Waals surface area contributed by atoms with Gasteiger partial charge in [0.1, 0.15) is 17.4 Å². The first-order chi connectivity index (χ1) is 18.9. The van der Waals surface area contributed by atoms with Crippen molar-refractivity contribution in [2.24, 2.45) is 5.73 Å². The Morgan fingerprint density at radius 2 is 1.59 bits per heavy atom. The van der Waals surface area contributed by atoms with Crippen molar-refractivity contribution >= 4 is 17.2 Å². The number of rotatable bonds is 5. The molecule has 39 heavy (non-hydrogen) atoms. The highest BCUT2D eigenvalue weighted by atomic mass is 16.3. The quantitative estimate of drug-likeness (QED) is 0.321. The summed E-state index contributed by atoms with van der Waals surface area (Å²) in [6, 6.07) is 20.5. The van der Waals surface area contributed by atoms with E-state index >= 15 is 0 Å². The number of nitrogens with two attached hydrogens (primary N) is 2. The molecule has 0 unspecified atom stereocenters. The average molecular weight is 521 g/mol. The number of anilines is 1. The van der Waals surface area contributed by atoms with Gasteiger partial charge >= 0.3 is 0 Å². The predicted molar refractivity (Wildman–Crippen MR) is 150 cm³/mol. The number of nitrogen functional groups attached to an aromatic ring is 1. The standard InChI is InChI=1S/C30H28N6O3/c31-28-27-24(16-25(36(27)34-17-33-28)20-10-12-22(37)13-11-20)19-8-6-18(7-9-19)23-14-15-35(21-4-2-1-3-5-21)30(39)26(23)29(32)38/h1-9,14-17,20,22,37H,10-13H2,(H2,32,38)(H2,31,33,34)/t20-,22-. The topological polar surface area (TPSA) is 142 Å². The SMILES string of the molecule is NC(=O)c1c(-c2ccc(-c3cc([C@H]4CC[C@H](O)CC4)n4ncnc(N)c34)cc2)ccn(-c2ccccc2)c1=O. The smallest absolute Gasteiger partial charge is 0.268 e. The Morgan fingerprint density at radius 1 is 0.923 bits per heavy atom. The van der Waals surface area contributed by atoms with E-state index in [2.05, 4.69) is 16.1 Å². The molecule has 0 radical (unpaired) electrons. The van der Waals surface area contributed by atoms with E-state index in [0.29, 0.717) is 22.6 Å². The van der Waals surface area contributed by atoms with Crippen LogP contribution >= 0.6 is 0 Å². The second-order valence-electron chi connectivity index (χ2n) is 9.95. The molecule has 9 heteroatoms. The number of pyridine rings is 1. The van der Waals surface area contributed by atoms with Gasteiger partial charge in [-0.3, -0.25) is 14.2 Å². The molecule has 3 aromatic heterocycles. The van der Waals surface area contributed by atoms with Crippen LogP contribution in [0.4, 0.5) is 5.82 Å². The van der Waals surface area contributed by atoms with Gasteiger partial charge in [0.2, 0.25) is 0 Å². The van der Waals surface area contributed by atoms with Crippen LogP contribution in [0.1, 0.15) is 47.7 Å². The molecule has 0 saturated heterocycles. The Kier molecular flexibility index (Phi) is 6.20. The molecule has 5 aromatic rings. The third-order valence-electron chi connectivity index (χ3n) is 7.61. The highest BCUT2D eigenvalue weighted by Gasteiger charge is 2.26. The van der Waals surface area contributed by atoms with Crippen LogP contribution in [0.25, 0.3) is 33.5 Å². The van der Waals surface area contributed by atoms with Crippen LogP contribution < -0.4 is 17.0 Å². The highest BCUT2D eigenvalue weighted by molar-refractivity contribution is 5.99. The fourth-order valence-electron chi connectivity index (χ4n) is 5.61. The van der Waals surface area contributed by atoms with Gasteiger partial charge in [-0.15, -0.1) is 0 Å². The maximum atomic E-state index is 13.3. The van der Waals surface area contributed by atoms with Crippen LogP contribution in [-0.4, -0.2) is 36.3 Å². The van der Waals surface area contributed by atoms with E-state index in [-0.39, 0.29) is 17.6 Å². The molecular weight excluding hydrogens is 492 g/mol. The van der Waals surface area contributed by atoms with Gasteiger partial charge < -0.3 is 16.6 Å². The van der Waals surface area contributed by atoms with E-state index < -0.39 is 11.5 Å². The minimum Gasteiger partial charge on any atom is -0.393 e. The first-order valence-electron chi connectivity index (χ1n) is 12.9. The van der Waals surface area contributed by atoms with Crippen LogP contribution in [0.5, 0.6) is 0 Å². The summed E-state index contributed by atoms with van der Waals surface area (Å²) in [5.74, 6) is -0.140. The van der Waals surface area contributed by atoms with E-state index in [4.69, 9.17) is 11.5 Å². The lowest BCUT2D eigenvalue weighted by atomic mass is 9.85. The van der Waals surface area contributed by atoms with Crippen LogP contribution in [0.15, 0.2) is 84.0 Å². The Bertz CT molecular complexity index is 1730. The summed E-state index contributed by atoms with van der Waals surface area (Å²) in [4.78, 5) is 29.9. The van der Waals surface area contributed by atoms with Gasteiger partial charge in [0.05, 0.1) is 6.10 Å². The molecule has 5 N–H and O–H groups in total. The number of fused-ring (bicyclic) bond motifs is 1. The minimum atomic E-state index is -0.782. The number of aliphatic hydroxyl groups excluding tert-OH is 1. The Balaban J connectivity index is 1.41. The van der Waals surface area contributed by atoms with Gasteiger partial charge in [-0.2, -0.15) is 5.10 Å². The Morgan fingerprint density at radius 3 is 2.26 bits per heavy atom. The number of nitrogens with zero attached hydrogens (tertiary/aromatic N) is 4. The Hall–Kier alpha value is -4.76. The van der Waals surface area contributed by atoms with Crippen molar-refractivity contribution < 1.29 is 9.90 Å². The number of aromatic nitrogens is 4. The summed E-state index contributed by atoms with van der Waals surface area (Å²) in [6.07, 6.45) is 6.13. The minimum absolute atomic E-state index is 0.0668. The van der Waals surface area contributed by atoms with Crippen LogP contribution in [-0.2, 0) is 0 Å². The van der Waals surface area contributed by atoms with Crippen molar-refractivity contribution in [3.63, 3.8) is 0 Å². The lowest BCUT2D eigenvalue weighted by Gasteiger charge is -2.24. The Labute approximate surface area is 224 Å². The molecule has 6 rings (SSSR count). The van der Waals surface area contributed by atoms with Crippen molar-refractivity contribution in [2.45, 2.75) is 37.7 Å². The van der Waals surface area contributed by atoms with Crippen molar-refractivity contribution in [1.82, 2.24) is 19.2 Å². The van der Waals surface area contributed by atoms with Crippen molar-refractivity contribution in [1.29, 1.82) is 0 Å². The number of hydrogen-bond acceptors (Lipinski definition) is 6. The van der Waals surface area contributed by atoms with Crippen molar-refractivity contribution in [2.75, 3.05) is 5.73 Å². The number of carbonyl (C=O) groups excluding carboxylic acids is 1. The summed E-state index contributed by atoms with van der Waals surface area (Å²) >= 11 is 0. The van der Waals surface area contributed by atoms with Crippen LogP contribution in [0, 0.1) is 0 Å². The lowest BCUT2D eigenvalue weighted by molar-refractivity contribution is 0.0999. The van der Waals surface area contributed by atoms with E-state index in [1.807, 2.05) is 47.0 Å². The van der Waals surface area contributed by atoms with Gasteiger partial charge in [0, 0.05) is 34.6 Å². The first kappa shape index (κ1) is 24.6. The molecule has 9 nitrogen and oxygen atoms in total. The number of amides is 1. The number of carbonyl (C=O) groups is 1. The van der Waals surface area contributed by atoms with Gasteiger partial charge in [0.15, 0.2) is 5.82 Å². The van der Waals surface area contributed by atoms with Crippen LogP contribution in [0.2, 0.25) is 0 Å². The lowest BCUT2D eigenvalue weighted by Crippen LogP contribution is -2.29. The molecular formula is C30H28N6O3. The van der Waals surface area contributed by atoms with E-state index in [0.717, 1.165) is 48.0 Å². The first-order valence-corrected chi connectivity index (χ1v) is 12.9. The monoisotopic (exact) mass is 520 g/mol. The number of primary amides is 1. The van der Waals surface area contributed by atoms with Gasteiger partial charge in [0.25, 0.3) is 11.5 Å². The molecule has 1 aliphatic carbocycles. The van der Waals surface area contributed by atoms with Crippen molar-refractivity contribution in [3.05, 3.63) is 101 Å². The fraction of sp³-hybridized carbons (Fsp3) is 0.200. The van der Waals surface area contributed by atoms with Gasteiger partial charge in [-0.1, -0.05) is 42.5 Å². The number of aliphatic hydroxyl groups is 1. The zero-order chi connectivity index (χ0) is 27.1. The molecule has 0 atom stereocenters. The number of hydrogen-bond donors (Lipinski definition) is 3. The second kappa shape index (κ2) is 9.85.